The minimum Gasteiger partial charge on any atom is -0.405 e. The quantitative estimate of drug-likeness (QED) is 0.606. The summed E-state index contributed by atoms with van der Waals surface area (Å²) in [5, 5.41) is 0.607. The van der Waals surface area contributed by atoms with Crippen LogP contribution in [0.4, 0.5) is 13.2 Å². The Morgan fingerprint density at radius 1 is 0.947 bits per heavy atom. The van der Waals surface area contributed by atoms with Gasteiger partial charge in [-0.2, -0.15) is 0 Å². The molecule has 0 bridgehead atoms. The first-order chi connectivity index (χ1) is 8.85. The van der Waals surface area contributed by atoms with Gasteiger partial charge < -0.3 is 4.74 Å². The van der Waals surface area contributed by atoms with Crippen LogP contribution in [0.3, 0.4) is 0 Å². The lowest BCUT2D eigenvalue weighted by Gasteiger charge is -2.11. The predicted molar refractivity (Wildman–Crippen MR) is 76.3 cm³/mol. The van der Waals surface area contributed by atoms with Crippen molar-refractivity contribution in [3.05, 3.63) is 51.1 Å². The summed E-state index contributed by atoms with van der Waals surface area (Å²) in [6, 6.07) is 11.6. The molecule has 2 aromatic carbocycles. The molecule has 0 aliphatic heterocycles. The van der Waals surface area contributed by atoms with Crippen molar-refractivity contribution in [2.45, 2.75) is 6.36 Å². The third kappa shape index (κ3) is 4.01. The van der Waals surface area contributed by atoms with Crippen molar-refractivity contribution in [1.82, 2.24) is 0 Å². The van der Waals surface area contributed by atoms with Crippen molar-refractivity contribution in [3.63, 3.8) is 0 Å². The first-order valence-corrected chi connectivity index (χ1v) is 6.62. The SMILES string of the molecule is FC(F)(F)Oc1ccc(-c2ccc(Cl)cc2)cc1I. The lowest BCUT2D eigenvalue weighted by Crippen LogP contribution is -2.17. The van der Waals surface area contributed by atoms with Gasteiger partial charge in [0.05, 0.1) is 3.57 Å². The number of halogens is 5. The Bertz CT molecular complexity index is 581. The van der Waals surface area contributed by atoms with Gasteiger partial charge in [-0.15, -0.1) is 13.2 Å². The van der Waals surface area contributed by atoms with E-state index in [9.17, 15) is 13.2 Å². The van der Waals surface area contributed by atoms with E-state index in [0.717, 1.165) is 11.1 Å². The van der Waals surface area contributed by atoms with Crippen LogP contribution in [0, 0.1) is 3.57 Å². The smallest absolute Gasteiger partial charge is 0.405 e. The van der Waals surface area contributed by atoms with Crippen LogP contribution in [0.25, 0.3) is 11.1 Å². The molecule has 0 aliphatic carbocycles. The molecule has 0 aromatic heterocycles. The van der Waals surface area contributed by atoms with Gasteiger partial charge in [-0.1, -0.05) is 29.8 Å². The zero-order chi connectivity index (χ0) is 14.0. The molecule has 1 nitrogen and oxygen atoms in total. The van der Waals surface area contributed by atoms with Crippen LogP contribution in [0.1, 0.15) is 0 Å². The highest BCUT2D eigenvalue weighted by molar-refractivity contribution is 14.1. The molecular weight excluding hydrogens is 391 g/mol. The highest BCUT2D eigenvalue weighted by atomic mass is 127. The average molecular weight is 399 g/mol. The fourth-order valence-electron chi connectivity index (χ4n) is 1.53. The van der Waals surface area contributed by atoms with E-state index in [1.54, 1.807) is 36.4 Å². The summed E-state index contributed by atoms with van der Waals surface area (Å²) in [6.45, 7) is 0. The second kappa shape index (κ2) is 5.58. The van der Waals surface area contributed by atoms with E-state index in [0.29, 0.717) is 8.59 Å². The molecule has 2 aromatic rings. The van der Waals surface area contributed by atoms with Gasteiger partial charge in [-0.05, 0) is 58.0 Å². The fraction of sp³-hybridized carbons (Fsp3) is 0.0769. The minimum atomic E-state index is -4.68. The topological polar surface area (TPSA) is 9.23 Å². The number of hydrogen-bond donors (Lipinski definition) is 0. The van der Waals surface area contributed by atoms with Gasteiger partial charge in [-0.25, -0.2) is 0 Å². The van der Waals surface area contributed by atoms with E-state index >= 15 is 0 Å². The lowest BCUT2D eigenvalue weighted by atomic mass is 10.1. The van der Waals surface area contributed by atoms with Crippen LogP contribution in [0.2, 0.25) is 5.02 Å². The van der Waals surface area contributed by atoms with Crippen LogP contribution in [-0.4, -0.2) is 6.36 Å². The third-order valence-electron chi connectivity index (χ3n) is 2.34. The molecule has 19 heavy (non-hydrogen) atoms. The fourth-order valence-corrected chi connectivity index (χ4v) is 2.28. The average Bonchev–Trinajstić information content (AvgIpc) is 2.31. The first kappa shape index (κ1) is 14.5. The van der Waals surface area contributed by atoms with Crippen LogP contribution in [-0.2, 0) is 0 Å². The molecule has 0 radical (unpaired) electrons. The second-order valence-corrected chi connectivity index (χ2v) is 5.30. The Morgan fingerprint density at radius 2 is 1.53 bits per heavy atom. The summed E-state index contributed by atoms with van der Waals surface area (Å²) in [6.07, 6.45) is -4.68. The molecule has 100 valence electrons. The Balaban J connectivity index is 2.31. The largest absolute Gasteiger partial charge is 0.573 e. The summed E-state index contributed by atoms with van der Waals surface area (Å²) < 4.78 is 40.8. The minimum absolute atomic E-state index is 0.203. The number of benzene rings is 2. The molecule has 2 rings (SSSR count). The maximum absolute atomic E-state index is 12.1. The van der Waals surface area contributed by atoms with Crippen molar-refractivity contribution in [2.24, 2.45) is 0 Å². The van der Waals surface area contributed by atoms with Gasteiger partial charge in [-0.3, -0.25) is 0 Å². The van der Waals surface area contributed by atoms with E-state index in [-0.39, 0.29) is 5.75 Å². The number of hydrogen-bond acceptors (Lipinski definition) is 1. The number of rotatable bonds is 2. The Kier molecular flexibility index (Phi) is 4.25. The molecule has 0 spiro atoms. The van der Waals surface area contributed by atoms with Crippen LogP contribution in [0.15, 0.2) is 42.5 Å². The van der Waals surface area contributed by atoms with Gasteiger partial charge in [0.1, 0.15) is 5.75 Å². The van der Waals surface area contributed by atoms with Crippen LogP contribution in [0.5, 0.6) is 5.75 Å². The summed E-state index contributed by atoms with van der Waals surface area (Å²) in [7, 11) is 0. The Hall–Kier alpha value is -0.950. The molecule has 0 heterocycles. The lowest BCUT2D eigenvalue weighted by molar-refractivity contribution is -0.274. The highest BCUT2D eigenvalue weighted by Gasteiger charge is 2.31. The zero-order valence-electron chi connectivity index (χ0n) is 9.34. The Morgan fingerprint density at radius 3 is 2.05 bits per heavy atom. The Labute approximate surface area is 126 Å². The summed E-state index contributed by atoms with van der Waals surface area (Å²) in [5.41, 5.74) is 1.68. The van der Waals surface area contributed by atoms with E-state index in [2.05, 4.69) is 4.74 Å². The van der Waals surface area contributed by atoms with E-state index in [1.807, 2.05) is 22.6 Å². The molecule has 0 fully saturated rings. The normalized spacial score (nSPS) is 11.4. The molecule has 0 amide bonds. The van der Waals surface area contributed by atoms with E-state index in [4.69, 9.17) is 11.6 Å². The van der Waals surface area contributed by atoms with Crippen molar-refractivity contribution in [3.8, 4) is 16.9 Å². The molecule has 0 N–H and O–H groups in total. The molecule has 0 saturated carbocycles. The van der Waals surface area contributed by atoms with Crippen molar-refractivity contribution < 1.29 is 17.9 Å². The van der Waals surface area contributed by atoms with E-state index < -0.39 is 6.36 Å². The molecular formula is C13H7ClF3IO. The number of alkyl halides is 3. The van der Waals surface area contributed by atoms with Crippen LogP contribution >= 0.6 is 34.2 Å². The standard InChI is InChI=1S/C13H7ClF3IO/c14-10-4-1-8(2-5-10)9-3-6-12(11(18)7-9)19-13(15,16)17/h1-7H. The van der Waals surface area contributed by atoms with Crippen molar-refractivity contribution in [1.29, 1.82) is 0 Å². The summed E-state index contributed by atoms with van der Waals surface area (Å²) in [4.78, 5) is 0. The molecule has 0 unspecified atom stereocenters. The van der Waals surface area contributed by atoms with Gasteiger partial charge in [0.2, 0.25) is 0 Å². The van der Waals surface area contributed by atoms with Crippen molar-refractivity contribution in [2.75, 3.05) is 0 Å². The third-order valence-corrected chi connectivity index (χ3v) is 3.43. The highest BCUT2D eigenvalue weighted by Crippen LogP contribution is 2.31. The van der Waals surface area contributed by atoms with Crippen LogP contribution < -0.4 is 4.74 Å². The molecule has 0 aliphatic rings. The van der Waals surface area contributed by atoms with Gasteiger partial charge in [0.25, 0.3) is 0 Å². The maximum atomic E-state index is 12.1. The molecule has 6 heteroatoms. The van der Waals surface area contributed by atoms with E-state index in [1.165, 1.54) is 6.07 Å². The van der Waals surface area contributed by atoms with Gasteiger partial charge >= 0.3 is 6.36 Å². The summed E-state index contributed by atoms with van der Waals surface area (Å²) in [5.74, 6) is -0.203. The number of ether oxygens (including phenoxy) is 1. The first-order valence-electron chi connectivity index (χ1n) is 5.16. The summed E-state index contributed by atoms with van der Waals surface area (Å²) >= 11 is 7.59. The zero-order valence-corrected chi connectivity index (χ0v) is 12.3. The molecule has 0 atom stereocenters. The van der Waals surface area contributed by atoms with Gasteiger partial charge in [0, 0.05) is 5.02 Å². The van der Waals surface area contributed by atoms with Crippen molar-refractivity contribution >= 4 is 34.2 Å². The predicted octanol–water partition coefficient (Wildman–Crippen LogP) is 5.51. The maximum Gasteiger partial charge on any atom is 0.573 e. The van der Waals surface area contributed by atoms with Gasteiger partial charge in [0.15, 0.2) is 0 Å². The monoisotopic (exact) mass is 398 g/mol. The molecule has 0 saturated heterocycles. The second-order valence-electron chi connectivity index (χ2n) is 3.70.